The van der Waals surface area contributed by atoms with E-state index in [1.54, 1.807) is 0 Å². The summed E-state index contributed by atoms with van der Waals surface area (Å²) < 4.78 is 0. The first-order chi connectivity index (χ1) is 10.2. The molecule has 21 heavy (non-hydrogen) atoms. The van der Waals surface area contributed by atoms with Gasteiger partial charge in [0, 0.05) is 18.8 Å². The molecule has 2 aliphatic rings. The minimum atomic E-state index is 0.486. The Morgan fingerprint density at radius 2 is 2.10 bits per heavy atom. The summed E-state index contributed by atoms with van der Waals surface area (Å²) in [6.45, 7) is 5.93. The van der Waals surface area contributed by atoms with Crippen LogP contribution in [0.15, 0.2) is 18.3 Å². The lowest BCUT2D eigenvalue weighted by atomic mass is 9.78. The molecule has 0 amide bonds. The Labute approximate surface area is 129 Å². The van der Waals surface area contributed by atoms with Gasteiger partial charge in [-0.2, -0.15) is 0 Å². The Morgan fingerprint density at radius 3 is 2.86 bits per heavy atom. The minimum absolute atomic E-state index is 0.486. The molecule has 116 valence electrons. The van der Waals surface area contributed by atoms with Crippen LogP contribution in [0, 0.1) is 11.3 Å². The molecule has 2 aliphatic carbocycles. The van der Waals surface area contributed by atoms with Crippen molar-refractivity contribution >= 4 is 0 Å². The normalized spacial score (nSPS) is 24.2. The average molecular weight is 286 g/mol. The van der Waals surface area contributed by atoms with Crippen molar-refractivity contribution in [3.8, 4) is 0 Å². The molecular formula is C19H30N2. The van der Waals surface area contributed by atoms with Crippen LogP contribution in [0.5, 0.6) is 0 Å². The fourth-order valence-corrected chi connectivity index (χ4v) is 4.59. The highest BCUT2D eigenvalue weighted by Crippen LogP contribution is 2.43. The Bertz CT molecular complexity index is 460. The van der Waals surface area contributed by atoms with Crippen LogP contribution in [-0.2, 0) is 6.42 Å². The largest absolute Gasteiger partial charge is 0.308 e. The first kappa shape index (κ1) is 15.0. The molecule has 3 rings (SSSR count). The van der Waals surface area contributed by atoms with Crippen LogP contribution >= 0.6 is 0 Å². The van der Waals surface area contributed by atoms with Crippen LogP contribution in [0.2, 0.25) is 0 Å². The second-order valence-corrected chi connectivity index (χ2v) is 7.68. The zero-order valence-electron chi connectivity index (χ0n) is 13.7. The Morgan fingerprint density at radius 1 is 1.29 bits per heavy atom. The first-order valence-corrected chi connectivity index (χ1v) is 8.86. The lowest BCUT2D eigenvalue weighted by Gasteiger charge is -2.34. The molecule has 1 heterocycles. The molecule has 0 radical (unpaired) electrons. The summed E-state index contributed by atoms with van der Waals surface area (Å²) in [5.41, 5.74) is 3.34. The fourth-order valence-electron chi connectivity index (χ4n) is 4.59. The summed E-state index contributed by atoms with van der Waals surface area (Å²) in [6.07, 6.45) is 12.8. The van der Waals surface area contributed by atoms with Gasteiger partial charge < -0.3 is 5.32 Å². The maximum Gasteiger partial charge on any atom is 0.0605 e. The molecule has 2 nitrogen and oxygen atoms in total. The maximum absolute atomic E-state index is 4.67. The Balaban J connectivity index is 1.67. The Kier molecular flexibility index (Phi) is 4.63. The highest BCUT2D eigenvalue weighted by atomic mass is 15.0. The van der Waals surface area contributed by atoms with Gasteiger partial charge in [-0.3, -0.25) is 4.98 Å². The van der Waals surface area contributed by atoms with Crippen LogP contribution < -0.4 is 5.32 Å². The molecule has 1 unspecified atom stereocenters. The topological polar surface area (TPSA) is 24.9 Å². The Hall–Kier alpha value is -0.890. The van der Waals surface area contributed by atoms with Crippen LogP contribution in [0.3, 0.4) is 0 Å². The van der Waals surface area contributed by atoms with Crippen molar-refractivity contribution in [1.82, 2.24) is 10.3 Å². The predicted octanol–water partition coefficient (Wildman–Crippen LogP) is 4.66. The van der Waals surface area contributed by atoms with Gasteiger partial charge in [0.25, 0.3) is 0 Å². The molecule has 2 heteroatoms. The second-order valence-electron chi connectivity index (χ2n) is 7.68. The number of aromatic nitrogens is 1. The van der Waals surface area contributed by atoms with E-state index in [2.05, 4.69) is 36.3 Å². The quantitative estimate of drug-likeness (QED) is 0.852. The monoisotopic (exact) mass is 286 g/mol. The van der Waals surface area contributed by atoms with Crippen LogP contribution in [0.4, 0.5) is 0 Å². The summed E-state index contributed by atoms with van der Waals surface area (Å²) in [7, 11) is 0. The molecule has 0 spiro atoms. The zero-order valence-corrected chi connectivity index (χ0v) is 13.7. The van der Waals surface area contributed by atoms with Gasteiger partial charge in [0.15, 0.2) is 0 Å². The number of nitrogens with one attached hydrogen (secondary N) is 1. The molecule has 1 aromatic heterocycles. The van der Waals surface area contributed by atoms with Crippen molar-refractivity contribution in [2.45, 2.75) is 71.3 Å². The van der Waals surface area contributed by atoms with E-state index >= 15 is 0 Å². The molecule has 0 aliphatic heterocycles. The molecule has 1 atom stereocenters. The number of hydrogen-bond donors (Lipinski definition) is 1. The van der Waals surface area contributed by atoms with Crippen molar-refractivity contribution in [2.75, 3.05) is 6.54 Å². The van der Waals surface area contributed by atoms with E-state index in [1.165, 1.54) is 69.2 Å². The van der Waals surface area contributed by atoms with E-state index in [0.29, 0.717) is 11.5 Å². The van der Waals surface area contributed by atoms with E-state index < -0.39 is 0 Å². The number of nitrogens with zero attached hydrogens (tertiary/aromatic N) is 1. The maximum atomic E-state index is 4.67. The van der Waals surface area contributed by atoms with E-state index in [1.807, 2.05) is 6.20 Å². The smallest absolute Gasteiger partial charge is 0.0605 e. The van der Waals surface area contributed by atoms with E-state index in [-0.39, 0.29) is 0 Å². The highest BCUT2D eigenvalue weighted by Gasteiger charge is 2.35. The molecule has 0 bridgehead atoms. The van der Waals surface area contributed by atoms with Gasteiger partial charge in [-0.05, 0) is 61.5 Å². The van der Waals surface area contributed by atoms with E-state index in [9.17, 15) is 0 Å². The van der Waals surface area contributed by atoms with Gasteiger partial charge in [-0.15, -0.1) is 0 Å². The lowest BCUT2D eigenvalue weighted by molar-refractivity contribution is 0.211. The molecule has 1 saturated carbocycles. The van der Waals surface area contributed by atoms with Crippen LogP contribution in [0.25, 0.3) is 0 Å². The van der Waals surface area contributed by atoms with Gasteiger partial charge in [-0.25, -0.2) is 0 Å². The highest BCUT2D eigenvalue weighted by molar-refractivity contribution is 5.25. The van der Waals surface area contributed by atoms with E-state index in [0.717, 1.165) is 5.92 Å². The van der Waals surface area contributed by atoms with Gasteiger partial charge >= 0.3 is 0 Å². The minimum Gasteiger partial charge on any atom is -0.308 e. The number of pyridine rings is 1. The number of fused-ring (bicyclic) bond motifs is 1. The standard InChI is InChI=1S/C19H30N2/c1-15(2)13-19(10-3-4-11-19)14-21-17-9-5-7-16-8-6-12-20-18(16)17/h6,8,12,15,17,21H,3-5,7,9-11,13-14H2,1-2H3. The van der Waals surface area contributed by atoms with Gasteiger partial charge in [0.2, 0.25) is 0 Å². The summed E-state index contributed by atoms with van der Waals surface area (Å²) >= 11 is 0. The zero-order chi connectivity index (χ0) is 14.7. The van der Waals surface area contributed by atoms with Gasteiger partial charge in [-0.1, -0.05) is 32.8 Å². The van der Waals surface area contributed by atoms with E-state index in [4.69, 9.17) is 0 Å². The molecular weight excluding hydrogens is 256 g/mol. The SMILES string of the molecule is CC(C)CC1(CNC2CCCc3cccnc32)CCCC1. The van der Waals surface area contributed by atoms with Crippen molar-refractivity contribution in [1.29, 1.82) is 0 Å². The molecule has 1 fully saturated rings. The number of hydrogen-bond acceptors (Lipinski definition) is 2. The molecule has 0 saturated heterocycles. The van der Waals surface area contributed by atoms with Crippen molar-refractivity contribution < 1.29 is 0 Å². The summed E-state index contributed by atoms with van der Waals surface area (Å²) in [4.78, 5) is 4.67. The van der Waals surface area contributed by atoms with Gasteiger partial charge in [0.05, 0.1) is 5.69 Å². The van der Waals surface area contributed by atoms with Crippen molar-refractivity contribution in [3.05, 3.63) is 29.6 Å². The van der Waals surface area contributed by atoms with Crippen LogP contribution in [0.1, 0.15) is 76.1 Å². The summed E-state index contributed by atoms with van der Waals surface area (Å²) in [6, 6.07) is 4.83. The van der Waals surface area contributed by atoms with Crippen molar-refractivity contribution in [3.63, 3.8) is 0 Å². The summed E-state index contributed by atoms with van der Waals surface area (Å²) in [5, 5.41) is 3.90. The second kappa shape index (κ2) is 6.48. The summed E-state index contributed by atoms with van der Waals surface area (Å²) in [5.74, 6) is 0.807. The van der Waals surface area contributed by atoms with Gasteiger partial charge in [0.1, 0.15) is 0 Å². The average Bonchev–Trinajstić information content (AvgIpc) is 2.93. The number of aryl methyl sites for hydroxylation is 1. The molecule has 1 N–H and O–H groups in total. The predicted molar refractivity (Wildman–Crippen MR) is 88.3 cm³/mol. The fraction of sp³-hybridized carbons (Fsp3) is 0.737. The van der Waals surface area contributed by atoms with Crippen molar-refractivity contribution in [2.24, 2.45) is 11.3 Å². The third-order valence-corrected chi connectivity index (χ3v) is 5.42. The molecule has 1 aromatic rings. The lowest BCUT2D eigenvalue weighted by Crippen LogP contribution is -2.37. The first-order valence-electron chi connectivity index (χ1n) is 8.86. The third kappa shape index (κ3) is 3.48. The van der Waals surface area contributed by atoms with Crippen LogP contribution in [-0.4, -0.2) is 11.5 Å². The third-order valence-electron chi connectivity index (χ3n) is 5.42. The number of rotatable bonds is 5. The molecule has 0 aromatic carbocycles.